The molecule has 1 atom stereocenters. The first-order chi connectivity index (χ1) is 13.7. The van der Waals surface area contributed by atoms with Gasteiger partial charge in [-0.2, -0.15) is 0 Å². The number of carbonyl (C=O) groups excluding carboxylic acids is 1. The number of aliphatic carboxylic acids is 1. The molecular weight excluding hydrogens is 386 g/mol. The molecule has 2 aromatic carbocycles. The Hall–Kier alpha value is -2.64. The first-order valence-electron chi connectivity index (χ1n) is 9.63. The van der Waals surface area contributed by atoms with E-state index >= 15 is 0 Å². The molecule has 0 aliphatic heterocycles. The Kier molecular flexibility index (Phi) is 6.09. The first-order valence-corrected chi connectivity index (χ1v) is 13.0. The molecule has 6 nitrogen and oxygen atoms in total. The van der Waals surface area contributed by atoms with Crippen LogP contribution in [0.3, 0.4) is 0 Å². The Morgan fingerprint density at radius 3 is 2.03 bits per heavy atom. The smallest absolute Gasteiger partial charge is 0.410 e. The Balaban J connectivity index is 1.70. The summed E-state index contributed by atoms with van der Waals surface area (Å²) in [5, 5.41) is 9.52. The molecule has 7 heteroatoms. The maximum Gasteiger partial charge on any atom is 0.410 e. The number of benzene rings is 2. The van der Waals surface area contributed by atoms with Crippen LogP contribution in [-0.2, 0) is 14.0 Å². The van der Waals surface area contributed by atoms with Gasteiger partial charge < -0.3 is 14.3 Å². The first kappa shape index (κ1) is 21.1. The zero-order valence-electron chi connectivity index (χ0n) is 17.2. The fourth-order valence-corrected chi connectivity index (χ4v) is 4.16. The molecule has 1 amide bonds. The molecule has 0 saturated carbocycles. The minimum absolute atomic E-state index is 0.0499. The Bertz CT molecular complexity index is 863. The number of rotatable bonds is 7. The van der Waals surface area contributed by atoms with E-state index < -0.39 is 26.4 Å². The van der Waals surface area contributed by atoms with Crippen LogP contribution in [0.1, 0.15) is 17.0 Å². The topological polar surface area (TPSA) is 76.1 Å². The molecule has 1 aliphatic rings. The van der Waals surface area contributed by atoms with E-state index in [1.807, 2.05) is 56.0 Å². The third-order valence-electron chi connectivity index (χ3n) is 5.05. The van der Waals surface area contributed by atoms with E-state index in [0.29, 0.717) is 0 Å². The van der Waals surface area contributed by atoms with E-state index in [2.05, 4.69) is 12.1 Å². The van der Waals surface area contributed by atoms with Gasteiger partial charge in [-0.25, -0.2) is 9.59 Å². The number of hydrogen-bond donors (Lipinski definition) is 1. The molecule has 1 N–H and O–H groups in total. The highest BCUT2D eigenvalue weighted by molar-refractivity contribution is 6.69. The molecule has 0 radical (unpaired) electrons. The molecular formula is C22H27NO5Si. The molecule has 0 bridgehead atoms. The minimum atomic E-state index is -1.91. The summed E-state index contributed by atoms with van der Waals surface area (Å²) in [5.74, 6) is -1.18. The number of nitrogens with zero attached hydrogens (tertiary/aromatic N) is 1. The largest absolute Gasteiger partial charge is 0.480 e. The maximum absolute atomic E-state index is 12.6. The third kappa shape index (κ3) is 4.68. The summed E-state index contributed by atoms with van der Waals surface area (Å²) in [6.07, 6.45) is -0.668. The second-order valence-corrected chi connectivity index (χ2v) is 12.7. The minimum Gasteiger partial charge on any atom is -0.480 e. The Morgan fingerprint density at radius 1 is 1.03 bits per heavy atom. The molecule has 0 fully saturated rings. The molecule has 0 aromatic heterocycles. The quantitative estimate of drug-likeness (QED) is 0.690. The molecule has 29 heavy (non-hydrogen) atoms. The predicted octanol–water partition coefficient (Wildman–Crippen LogP) is 4.17. The van der Waals surface area contributed by atoms with Crippen LogP contribution in [0.25, 0.3) is 11.1 Å². The van der Waals surface area contributed by atoms with Crippen LogP contribution >= 0.6 is 0 Å². The van der Waals surface area contributed by atoms with Crippen molar-refractivity contribution in [3.05, 3.63) is 59.7 Å². The lowest BCUT2D eigenvalue weighted by atomic mass is 9.98. The summed E-state index contributed by atoms with van der Waals surface area (Å²) in [5.41, 5.74) is 4.51. The van der Waals surface area contributed by atoms with Crippen LogP contribution in [0.15, 0.2) is 48.5 Å². The highest BCUT2D eigenvalue weighted by Gasteiger charge is 2.32. The number of amides is 1. The van der Waals surface area contributed by atoms with Crippen molar-refractivity contribution in [2.75, 3.05) is 20.3 Å². The Morgan fingerprint density at radius 2 is 1.55 bits per heavy atom. The zero-order chi connectivity index (χ0) is 21.2. The van der Waals surface area contributed by atoms with Gasteiger partial charge in [-0.1, -0.05) is 48.5 Å². The van der Waals surface area contributed by atoms with Crippen molar-refractivity contribution in [1.82, 2.24) is 4.90 Å². The molecule has 3 rings (SSSR count). The molecule has 2 aromatic rings. The van der Waals surface area contributed by atoms with E-state index in [1.54, 1.807) is 0 Å². The number of carboxylic acids is 1. The van der Waals surface area contributed by atoms with Gasteiger partial charge in [0.25, 0.3) is 0 Å². The van der Waals surface area contributed by atoms with Crippen molar-refractivity contribution in [1.29, 1.82) is 0 Å². The van der Waals surface area contributed by atoms with Gasteiger partial charge in [0.2, 0.25) is 0 Å². The second-order valence-electron chi connectivity index (χ2n) is 8.19. The molecule has 0 heterocycles. The van der Waals surface area contributed by atoms with E-state index in [9.17, 15) is 14.7 Å². The van der Waals surface area contributed by atoms with Gasteiger partial charge in [0.1, 0.15) is 6.61 Å². The number of carboxylic acid groups (broad SMARTS) is 1. The fraction of sp³-hybridized carbons (Fsp3) is 0.364. The van der Waals surface area contributed by atoms with Crippen molar-refractivity contribution < 1.29 is 23.9 Å². The van der Waals surface area contributed by atoms with Crippen molar-refractivity contribution in [2.24, 2.45) is 0 Å². The van der Waals surface area contributed by atoms with Gasteiger partial charge in [-0.05, 0) is 41.9 Å². The van der Waals surface area contributed by atoms with Crippen molar-refractivity contribution >= 4 is 20.4 Å². The lowest BCUT2D eigenvalue weighted by molar-refractivity contribution is -0.143. The van der Waals surface area contributed by atoms with Crippen LogP contribution < -0.4 is 0 Å². The van der Waals surface area contributed by atoms with Gasteiger partial charge >= 0.3 is 12.1 Å². The van der Waals surface area contributed by atoms with E-state index in [1.165, 1.54) is 7.05 Å². The average Bonchev–Trinajstić information content (AvgIpc) is 2.99. The molecule has 1 aliphatic carbocycles. The van der Waals surface area contributed by atoms with Crippen molar-refractivity contribution in [3.63, 3.8) is 0 Å². The summed E-state index contributed by atoms with van der Waals surface area (Å²) in [7, 11) is -0.472. The van der Waals surface area contributed by atoms with Crippen molar-refractivity contribution in [3.8, 4) is 11.1 Å². The normalized spacial score (nSPS) is 14.1. The highest BCUT2D eigenvalue weighted by atomic mass is 28.4. The molecule has 0 saturated heterocycles. The number of likely N-dealkylation sites (N-methyl/N-ethyl adjacent to an activating group) is 1. The number of hydrogen-bond acceptors (Lipinski definition) is 4. The maximum atomic E-state index is 12.6. The number of ether oxygens (including phenoxy) is 1. The summed E-state index contributed by atoms with van der Waals surface area (Å²) >= 11 is 0. The lowest BCUT2D eigenvalue weighted by Crippen LogP contribution is -2.47. The van der Waals surface area contributed by atoms with Gasteiger partial charge in [0.05, 0.1) is 6.61 Å². The van der Waals surface area contributed by atoms with Crippen LogP contribution in [0.5, 0.6) is 0 Å². The summed E-state index contributed by atoms with van der Waals surface area (Å²) in [6, 6.07) is 15.1. The van der Waals surface area contributed by atoms with Crippen LogP contribution in [0.4, 0.5) is 4.79 Å². The van der Waals surface area contributed by atoms with E-state index in [0.717, 1.165) is 27.2 Å². The van der Waals surface area contributed by atoms with Crippen LogP contribution in [0, 0.1) is 0 Å². The monoisotopic (exact) mass is 413 g/mol. The number of fused-ring (bicyclic) bond motifs is 3. The van der Waals surface area contributed by atoms with E-state index in [4.69, 9.17) is 9.16 Å². The van der Waals surface area contributed by atoms with Crippen molar-refractivity contribution in [2.45, 2.75) is 31.6 Å². The summed E-state index contributed by atoms with van der Waals surface area (Å²) in [6.45, 7) is 6.02. The van der Waals surface area contributed by atoms with Crippen LogP contribution in [-0.4, -0.2) is 56.7 Å². The predicted molar refractivity (Wildman–Crippen MR) is 114 cm³/mol. The SMILES string of the molecule is CN(C(=O)OCC1c2ccccc2-c2ccccc21)[C@@H](CO[Si](C)(C)C)C(=O)O. The zero-order valence-corrected chi connectivity index (χ0v) is 18.2. The fourth-order valence-electron chi connectivity index (χ4n) is 3.50. The second kappa shape index (κ2) is 8.38. The number of carbonyl (C=O) groups is 2. The van der Waals surface area contributed by atoms with Gasteiger partial charge in [0.15, 0.2) is 14.4 Å². The average molecular weight is 414 g/mol. The lowest BCUT2D eigenvalue weighted by Gasteiger charge is -2.27. The molecule has 0 spiro atoms. The summed E-state index contributed by atoms with van der Waals surface area (Å²) < 4.78 is 11.2. The van der Waals surface area contributed by atoms with Gasteiger partial charge in [-0.15, -0.1) is 0 Å². The molecule has 0 unspecified atom stereocenters. The van der Waals surface area contributed by atoms with Gasteiger partial charge in [-0.3, -0.25) is 4.90 Å². The summed E-state index contributed by atoms with van der Waals surface area (Å²) in [4.78, 5) is 25.3. The van der Waals surface area contributed by atoms with E-state index in [-0.39, 0.29) is 19.1 Å². The Labute approximate surface area is 172 Å². The standard InChI is InChI=1S/C22H27NO5Si/c1-23(20(21(24)25)14-28-29(2,3)4)22(26)27-13-19-17-11-7-5-9-15(17)16-10-6-8-12-18(16)19/h5-12,19-20H,13-14H2,1-4H3,(H,24,25)/t20-/m0/s1. The third-order valence-corrected chi connectivity index (χ3v) is 6.08. The van der Waals surface area contributed by atoms with Gasteiger partial charge in [0, 0.05) is 13.0 Å². The highest BCUT2D eigenvalue weighted by Crippen LogP contribution is 2.44. The molecule has 154 valence electrons. The van der Waals surface area contributed by atoms with Crippen LogP contribution in [0.2, 0.25) is 19.6 Å².